The van der Waals surface area contributed by atoms with Gasteiger partial charge in [0.05, 0.1) is 11.5 Å². The van der Waals surface area contributed by atoms with Gasteiger partial charge in [-0.25, -0.2) is 8.42 Å². The van der Waals surface area contributed by atoms with Crippen LogP contribution < -0.4 is 10.6 Å². The van der Waals surface area contributed by atoms with Gasteiger partial charge in [0.15, 0.2) is 15.8 Å². The minimum atomic E-state index is -2.88. The smallest absolute Gasteiger partial charge is 0.191 e. The van der Waals surface area contributed by atoms with Crippen molar-refractivity contribution in [2.75, 3.05) is 31.2 Å². The molecule has 0 aromatic rings. The van der Waals surface area contributed by atoms with E-state index in [9.17, 15) is 8.42 Å². The van der Waals surface area contributed by atoms with Gasteiger partial charge in [0.25, 0.3) is 0 Å². The van der Waals surface area contributed by atoms with Crippen LogP contribution in [0.5, 0.6) is 0 Å². The Morgan fingerprint density at radius 3 is 2.78 bits per heavy atom. The standard InChI is InChI=1S/C11H23N3O3S/c1-3-12-11(13-6-9(2)7-15)14-10-4-5-18(16,17)8-10/h9-10,15H,3-8H2,1-2H3,(H2,12,13,14). The summed E-state index contributed by atoms with van der Waals surface area (Å²) in [5, 5.41) is 15.1. The molecule has 1 fully saturated rings. The first-order chi connectivity index (χ1) is 8.46. The third-order valence-electron chi connectivity index (χ3n) is 2.79. The molecule has 1 heterocycles. The molecule has 0 aliphatic carbocycles. The van der Waals surface area contributed by atoms with E-state index >= 15 is 0 Å². The topological polar surface area (TPSA) is 90.8 Å². The number of aliphatic hydroxyl groups excluding tert-OH is 1. The summed E-state index contributed by atoms with van der Waals surface area (Å²) < 4.78 is 22.7. The molecule has 6 nitrogen and oxygen atoms in total. The van der Waals surface area contributed by atoms with Crippen molar-refractivity contribution >= 4 is 15.8 Å². The number of sulfone groups is 1. The summed E-state index contributed by atoms with van der Waals surface area (Å²) in [5.41, 5.74) is 0. The van der Waals surface area contributed by atoms with Crippen molar-refractivity contribution in [1.82, 2.24) is 10.6 Å². The van der Waals surface area contributed by atoms with Gasteiger partial charge >= 0.3 is 0 Å². The van der Waals surface area contributed by atoms with Crippen LogP contribution in [0.15, 0.2) is 4.99 Å². The molecule has 0 aromatic heterocycles. The predicted molar refractivity (Wildman–Crippen MR) is 72.4 cm³/mol. The zero-order chi connectivity index (χ0) is 13.6. The van der Waals surface area contributed by atoms with Gasteiger partial charge in [-0.1, -0.05) is 6.92 Å². The lowest BCUT2D eigenvalue weighted by Gasteiger charge is -2.16. The number of rotatable bonds is 5. The summed E-state index contributed by atoms with van der Waals surface area (Å²) in [6.07, 6.45) is 0.627. The SMILES string of the molecule is CCNC(=NCC(C)CO)NC1CCS(=O)(=O)C1. The van der Waals surface area contributed by atoms with Crippen LogP contribution in [0.3, 0.4) is 0 Å². The van der Waals surface area contributed by atoms with Crippen LogP contribution >= 0.6 is 0 Å². The fourth-order valence-electron chi connectivity index (χ4n) is 1.73. The van der Waals surface area contributed by atoms with Gasteiger partial charge in [0.2, 0.25) is 0 Å². The number of hydrogen-bond acceptors (Lipinski definition) is 4. The monoisotopic (exact) mass is 277 g/mol. The molecular formula is C11H23N3O3S. The molecular weight excluding hydrogens is 254 g/mol. The van der Waals surface area contributed by atoms with E-state index < -0.39 is 9.84 Å². The molecule has 18 heavy (non-hydrogen) atoms. The quantitative estimate of drug-likeness (QED) is 0.459. The van der Waals surface area contributed by atoms with E-state index in [4.69, 9.17) is 5.11 Å². The molecule has 0 amide bonds. The lowest BCUT2D eigenvalue weighted by molar-refractivity contribution is 0.241. The van der Waals surface area contributed by atoms with Gasteiger partial charge in [-0.15, -0.1) is 0 Å². The van der Waals surface area contributed by atoms with Crippen molar-refractivity contribution in [3.63, 3.8) is 0 Å². The maximum atomic E-state index is 11.4. The Morgan fingerprint density at radius 2 is 2.28 bits per heavy atom. The van der Waals surface area contributed by atoms with Crippen molar-refractivity contribution in [1.29, 1.82) is 0 Å². The van der Waals surface area contributed by atoms with Crippen LogP contribution in [0.1, 0.15) is 20.3 Å². The van der Waals surface area contributed by atoms with E-state index in [1.165, 1.54) is 0 Å². The molecule has 1 aliphatic rings. The first kappa shape index (κ1) is 15.2. The Bertz CT molecular complexity index is 381. The molecule has 0 saturated carbocycles. The maximum Gasteiger partial charge on any atom is 0.191 e. The summed E-state index contributed by atoms with van der Waals surface area (Å²) in [6, 6.07) is -0.0581. The van der Waals surface area contributed by atoms with Gasteiger partial charge in [-0.2, -0.15) is 0 Å². The number of aliphatic imine (C=N–C) groups is 1. The Balaban J connectivity index is 2.52. The highest BCUT2D eigenvalue weighted by atomic mass is 32.2. The minimum absolute atomic E-state index is 0.0581. The van der Waals surface area contributed by atoms with Gasteiger partial charge in [0, 0.05) is 25.7 Å². The highest BCUT2D eigenvalue weighted by Crippen LogP contribution is 2.10. The van der Waals surface area contributed by atoms with E-state index in [2.05, 4.69) is 15.6 Å². The van der Waals surface area contributed by atoms with Crippen LogP contribution in [0.4, 0.5) is 0 Å². The van der Waals surface area contributed by atoms with Gasteiger partial charge in [-0.3, -0.25) is 4.99 Å². The molecule has 2 unspecified atom stereocenters. The predicted octanol–water partition coefficient (Wildman–Crippen LogP) is -0.643. The van der Waals surface area contributed by atoms with Crippen molar-refractivity contribution in [3.05, 3.63) is 0 Å². The van der Waals surface area contributed by atoms with Crippen molar-refractivity contribution in [2.45, 2.75) is 26.3 Å². The van der Waals surface area contributed by atoms with E-state index in [-0.39, 0.29) is 30.1 Å². The van der Waals surface area contributed by atoms with Crippen LogP contribution in [-0.4, -0.2) is 56.7 Å². The van der Waals surface area contributed by atoms with Crippen LogP contribution in [-0.2, 0) is 9.84 Å². The van der Waals surface area contributed by atoms with E-state index in [0.29, 0.717) is 18.9 Å². The van der Waals surface area contributed by atoms with Crippen LogP contribution in [0, 0.1) is 5.92 Å². The highest BCUT2D eigenvalue weighted by Gasteiger charge is 2.28. The fraction of sp³-hybridized carbons (Fsp3) is 0.909. The highest BCUT2D eigenvalue weighted by molar-refractivity contribution is 7.91. The second kappa shape index (κ2) is 6.94. The summed E-state index contributed by atoms with van der Waals surface area (Å²) in [4.78, 5) is 4.34. The molecule has 0 aromatic carbocycles. The molecule has 106 valence electrons. The molecule has 3 N–H and O–H groups in total. The summed E-state index contributed by atoms with van der Waals surface area (Å²) in [6.45, 7) is 5.20. The molecule has 2 atom stereocenters. The van der Waals surface area contributed by atoms with Crippen LogP contribution in [0.2, 0.25) is 0 Å². The number of hydrogen-bond donors (Lipinski definition) is 3. The fourth-order valence-corrected chi connectivity index (χ4v) is 3.40. The van der Waals surface area contributed by atoms with Gasteiger partial charge < -0.3 is 15.7 Å². The third-order valence-corrected chi connectivity index (χ3v) is 4.56. The normalized spacial score (nSPS) is 24.8. The van der Waals surface area contributed by atoms with Crippen molar-refractivity contribution in [2.24, 2.45) is 10.9 Å². The Labute approximate surface area is 109 Å². The van der Waals surface area contributed by atoms with E-state index in [0.717, 1.165) is 6.54 Å². The summed E-state index contributed by atoms with van der Waals surface area (Å²) >= 11 is 0. The number of guanidine groups is 1. The number of nitrogens with one attached hydrogen (secondary N) is 2. The molecule has 0 bridgehead atoms. The maximum absolute atomic E-state index is 11.4. The van der Waals surface area contributed by atoms with Gasteiger partial charge in [-0.05, 0) is 19.3 Å². The zero-order valence-electron chi connectivity index (χ0n) is 11.0. The summed E-state index contributed by atoms with van der Waals surface area (Å²) in [5.74, 6) is 1.15. The Morgan fingerprint density at radius 1 is 1.56 bits per heavy atom. The first-order valence-electron chi connectivity index (χ1n) is 6.33. The lowest BCUT2D eigenvalue weighted by Crippen LogP contribution is -2.44. The molecule has 7 heteroatoms. The molecule has 0 radical (unpaired) electrons. The molecule has 1 rings (SSSR count). The van der Waals surface area contributed by atoms with Crippen molar-refractivity contribution in [3.8, 4) is 0 Å². The van der Waals surface area contributed by atoms with Crippen molar-refractivity contribution < 1.29 is 13.5 Å². The Hall–Kier alpha value is -0.820. The zero-order valence-corrected chi connectivity index (χ0v) is 11.8. The molecule has 1 aliphatic heterocycles. The molecule has 0 spiro atoms. The second-order valence-electron chi connectivity index (χ2n) is 4.75. The van der Waals surface area contributed by atoms with Crippen LogP contribution in [0.25, 0.3) is 0 Å². The number of nitrogens with zero attached hydrogens (tertiary/aromatic N) is 1. The average Bonchev–Trinajstić information content (AvgIpc) is 2.65. The largest absolute Gasteiger partial charge is 0.396 e. The Kier molecular flexibility index (Phi) is 5.87. The number of aliphatic hydroxyl groups is 1. The van der Waals surface area contributed by atoms with Gasteiger partial charge in [0.1, 0.15) is 0 Å². The average molecular weight is 277 g/mol. The lowest BCUT2D eigenvalue weighted by atomic mass is 10.2. The summed E-state index contributed by atoms with van der Waals surface area (Å²) in [7, 11) is -2.88. The van der Waals surface area contributed by atoms with E-state index in [1.54, 1.807) is 0 Å². The minimum Gasteiger partial charge on any atom is -0.396 e. The molecule has 1 saturated heterocycles. The first-order valence-corrected chi connectivity index (χ1v) is 8.15. The third kappa shape index (κ3) is 5.22. The van der Waals surface area contributed by atoms with E-state index in [1.807, 2.05) is 13.8 Å². The second-order valence-corrected chi connectivity index (χ2v) is 6.98.